The molecule has 2 aromatic rings. The molecule has 1 amide bonds. The zero-order valence-electron chi connectivity index (χ0n) is 10.3. The van der Waals surface area contributed by atoms with E-state index in [1.54, 1.807) is 0 Å². The number of aromatic carboxylic acids is 1. The van der Waals surface area contributed by atoms with E-state index in [1.807, 2.05) is 0 Å². The average Bonchev–Trinajstić information content (AvgIpc) is 2.87. The Morgan fingerprint density at radius 2 is 2.10 bits per heavy atom. The highest BCUT2D eigenvalue weighted by Gasteiger charge is 2.13. The molecule has 0 atom stereocenters. The molecule has 7 nitrogen and oxygen atoms in total. The van der Waals surface area contributed by atoms with Crippen LogP contribution in [0.25, 0.3) is 0 Å². The number of carboxylic acid groups (broad SMARTS) is 1. The van der Waals surface area contributed by atoms with E-state index in [0.717, 1.165) is 12.1 Å². The van der Waals surface area contributed by atoms with E-state index in [4.69, 9.17) is 5.11 Å². The van der Waals surface area contributed by atoms with Gasteiger partial charge in [0.2, 0.25) is 0 Å². The van der Waals surface area contributed by atoms with Crippen molar-refractivity contribution in [3.05, 3.63) is 41.6 Å². The van der Waals surface area contributed by atoms with Gasteiger partial charge >= 0.3 is 12.6 Å². The highest BCUT2D eigenvalue weighted by molar-refractivity contribution is 6.04. The van der Waals surface area contributed by atoms with Crippen LogP contribution >= 0.6 is 0 Å². The van der Waals surface area contributed by atoms with Crippen LogP contribution in [0, 0.1) is 0 Å². The minimum absolute atomic E-state index is 0.00224. The van der Waals surface area contributed by atoms with Crippen LogP contribution in [0.5, 0.6) is 5.75 Å². The summed E-state index contributed by atoms with van der Waals surface area (Å²) in [6, 6.07) is 6.30. The number of ether oxygens (including phenoxy) is 1. The van der Waals surface area contributed by atoms with E-state index < -0.39 is 18.5 Å². The molecule has 0 spiro atoms. The van der Waals surface area contributed by atoms with Gasteiger partial charge in [-0.15, -0.1) is 0 Å². The van der Waals surface area contributed by atoms with Gasteiger partial charge in [0, 0.05) is 11.6 Å². The number of nitrogens with one attached hydrogen (secondary N) is 2. The van der Waals surface area contributed by atoms with Crippen molar-refractivity contribution < 1.29 is 28.2 Å². The van der Waals surface area contributed by atoms with Crippen LogP contribution in [-0.4, -0.2) is 33.8 Å². The molecule has 0 aliphatic carbocycles. The molecule has 1 heterocycles. The van der Waals surface area contributed by atoms with Crippen LogP contribution < -0.4 is 10.1 Å². The molecular weight excluding hydrogens is 288 g/mol. The summed E-state index contributed by atoms with van der Waals surface area (Å²) in [6.45, 7) is -2.99. The number of H-pyrrole nitrogens is 1. The summed E-state index contributed by atoms with van der Waals surface area (Å²) in [4.78, 5) is 22.5. The summed E-state index contributed by atoms with van der Waals surface area (Å²) in [7, 11) is 0. The van der Waals surface area contributed by atoms with Gasteiger partial charge in [0.05, 0.1) is 0 Å². The first-order valence-corrected chi connectivity index (χ1v) is 5.60. The van der Waals surface area contributed by atoms with E-state index in [9.17, 15) is 18.4 Å². The number of rotatable bonds is 5. The average molecular weight is 297 g/mol. The smallest absolute Gasteiger partial charge is 0.387 e. The van der Waals surface area contributed by atoms with Crippen LogP contribution in [0.3, 0.4) is 0 Å². The monoisotopic (exact) mass is 297 g/mol. The number of hydrogen-bond acceptors (Lipinski definition) is 4. The van der Waals surface area contributed by atoms with E-state index in [2.05, 4.69) is 20.3 Å². The molecule has 1 aromatic carbocycles. The van der Waals surface area contributed by atoms with Gasteiger partial charge < -0.3 is 15.2 Å². The van der Waals surface area contributed by atoms with Crippen molar-refractivity contribution in [3.8, 4) is 5.75 Å². The molecule has 0 saturated heterocycles. The molecule has 1 aromatic heterocycles. The highest BCUT2D eigenvalue weighted by atomic mass is 19.3. The van der Waals surface area contributed by atoms with Crippen molar-refractivity contribution in [3.63, 3.8) is 0 Å². The Hall–Kier alpha value is -2.97. The number of halogens is 2. The Kier molecular flexibility index (Phi) is 4.12. The van der Waals surface area contributed by atoms with Crippen LogP contribution in [0.15, 0.2) is 30.3 Å². The third kappa shape index (κ3) is 3.75. The first-order valence-electron chi connectivity index (χ1n) is 5.60. The first kappa shape index (κ1) is 14.4. The Balaban J connectivity index is 2.10. The Morgan fingerprint density at radius 1 is 1.33 bits per heavy atom. The quantitative estimate of drug-likeness (QED) is 0.782. The van der Waals surface area contributed by atoms with Gasteiger partial charge in [0.25, 0.3) is 5.91 Å². The van der Waals surface area contributed by atoms with Crippen molar-refractivity contribution in [2.45, 2.75) is 6.61 Å². The summed E-state index contributed by atoms with van der Waals surface area (Å²) in [5.74, 6) is -2.03. The van der Waals surface area contributed by atoms with Gasteiger partial charge in [0.1, 0.15) is 11.4 Å². The fourth-order valence-corrected chi connectivity index (χ4v) is 1.50. The Labute approximate surface area is 116 Å². The van der Waals surface area contributed by atoms with Gasteiger partial charge in [0.15, 0.2) is 5.82 Å². The predicted octanol–water partition coefficient (Wildman–Crippen LogP) is 1.96. The number of alkyl halides is 2. The van der Waals surface area contributed by atoms with Crippen LogP contribution in [-0.2, 0) is 0 Å². The second kappa shape index (κ2) is 5.99. The summed E-state index contributed by atoms with van der Waals surface area (Å²) in [5.41, 5.74) is -0.131. The second-order valence-corrected chi connectivity index (χ2v) is 3.83. The number of nitrogens with zero attached hydrogens (tertiary/aromatic N) is 1. The standard InChI is InChI=1S/C12H9F2N3O4/c13-12(14)21-7-3-1-2-6(4-7)10(18)15-9-5-8(11(19)20)16-17-9/h1-5,12H,(H,19,20)(H2,15,16,17,18). The molecule has 0 aliphatic heterocycles. The third-order valence-electron chi connectivity index (χ3n) is 2.37. The molecule has 0 bridgehead atoms. The minimum Gasteiger partial charge on any atom is -0.477 e. The number of benzene rings is 1. The minimum atomic E-state index is -2.99. The summed E-state index contributed by atoms with van der Waals surface area (Å²) >= 11 is 0. The number of anilines is 1. The van der Waals surface area contributed by atoms with E-state index in [0.29, 0.717) is 0 Å². The fourth-order valence-electron chi connectivity index (χ4n) is 1.50. The van der Waals surface area contributed by atoms with Crippen molar-refractivity contribution in [1.29, 1.82) is 0 Å². The molecule has 21 heavy (non-hydrogen) atoms. The van der Waals surface area contributed by atoms with E-state index in [-0.39, 0.29) is 22.8 Å². The van der Waals surface area contributed by atoms with Crippen molar-refractivity contribution in [1.82, 2.24) is 10.2 Å². The Morgan fingerprint density at radius 3 is 2.71 bits per heavy atom. The van der Waals surface area contributed by atoms with Gasteiger partial charge in [-0.25, -0.2) is 4.79 Å². The molecule has 110 valence electrons. The normalized spacial score (nSPS) is 10.4. The number of carbonyl (C=O) groups excluding carboxylic acids is 1. The first-order chi connectivity index (χ1) is 9.95. The van der Waals surface area contributed by atoms with Gasteiger partial charge in [-0.2, -0.15) is 13.9 Å². The lowest BCUT2D eigenvalue weighted by atomic mass is 10.2. The second-order valence-electron chi connectivity index (χ2n) is 3.83. The van der Waals surface area contributed by atoms with Crippen LogP contribution in [0.4, 0.5) is 14.6 Å². The highest BCUT2D eigenvalue weighted by Crippen LogP contribution is 2.17. The lowest BCUT2D eigenvalue weighted by molar-refractivity contribution is -0.0498. The number of aromatic amines is 1. The van der Waals surface area contributed by atoms with E-state index in [1.165, 1.54) is 18.2 Å². The summed E-state index contributed by atoms with van der Waals surface area (Å²) in [5, 5.41) is 16.8. The fraction of sp³-hybridized carbons (Fsp3) is 0.0833. The SMILES string of the molecule is O=C(Nc1cc(C(=O)O)[nH]n1)c1cccc(OC(F)F)c1. The van der Waals surface area contributed by atoms with E-state index >= 15 is 0 Å². The zero-order chi connectivity index (χ0) is 15.4. The van der Waals surface area contributed by atoms with Crippen molar-refractivity contribution in [2.75, 3.05) is 5.32 Å². The molecule has 3 N–H and O–H groups in total. The van der Waals surface area contributed by atoms with Gasteiger partial charge in [-0.1, -0.05) is 6.07 Å². The maximum Gasteiger partial charge on any atom is 0.387 e. The molecule has 0 radical (unpaired) electrons. The molecule has 2 rings (SSSR count). The number of amides is 1. The lowest BCUT2D eigenvalue weighted by Gasteiger charge is -2.06. The van der Waals surface area contributed by atoms with Gasteiger partial charge in [-0.05, 0) is 18.2 Å². The third-order valence-corrected chi connectivity index (χ3v) is 2.37. The topological polar surface area (TPSA) is 104 Å². The molecule has 0 saturated carbocycles. The Bertz CT molecular complexity index is 672. The number of carbonyl (C=O) groups is 2. The molecular formula is C12H9F2N3O4. The molecule has 0 fully saturated rings. The number of carboxylic acids is 1. The molecule has 0 unspecified atom stereocenters. The number of aromatic nitrogens is 2. The summed E-state index contributed by atoms with van der Waals surface area (Å²) in [6.07, 6.45) is 0. The molecule has 0 aliphatic rings. The largest absolute Gasteiger partial charge is 0.477 e. The van der Waals surface area contributed by atoms with Crippen LogP contribution in [0.1, 0.15) is 20.8 Å². The predicted molar refractivity (Wildman–Crippen MR) is 66.6 cm³/mol. The number of hydrogen-bond donors (Lipinski definition) is 3. The maximum absolute atomic E-state index is 12.1. The van der Waals surface area contributed by atoms with Crippen LogP contribution in [0.2, 0.25) is 0 Å². The summed E-state index contributed by atoms with van der Waals surface area (Å²) < 4.78 is 28.4. The lowest BCUT2D eigenvalue weighted by Crippen LogP contribution is -2.12. The van der Waals surface area contributed by atoms with Crippen molar-refractivity contribution in [2.24, 2.45) is 0 Å². The molecule has 9 heteroatoms. The maximum atomic E-state index is 12.1. The van der Waals surface area contributed by atoms with Crippen molar-refractivity contribution >= 4 is 17.7 Å². The van der Waals surface area contributed by atoms with Gasteiger partial charge in [-0.3, -0.25) is 9.89 Å². The zero-order valence-corrected chi connectivity index (χ0v) is 10.3.